The lowest BCUT2D eigenvalue weighted by molar-refractivity contribution is -0.118. The molecule has 0 aromatic rings. The number of likely N-dealkylation sites (tertiary alicyclic amines) is 1. The Balaban J connectivity index is 2.66. The summed E-state index contributed by atoms with van der Waals surface area (Å²) in [6, 6.07) is 0. The van der Waals surface area contributed by atoms with Gasteiger partial charge in [0.15, 0.2) is 0 Å². The molecule has 1 heterocycles. The lowest BCUT2D eigenvalue weighted by Gasteiger charge is -2.40. The largest absolute Gasteiger partial charge is 0.359 e. The van der Waals surface area contributed by atoms with Gasteiger partial charge in [-0.2, -0.15) is 0 Å². The first-order chi connectivity index (χ1) is 9.06. The molecule has 0 bridgehead atoms. The normalized spacial score (nSPS) is 22.9. The number of rotatable bonds is 7. The maximum atomic E-state index is 11.5. The molecule has 0 saturated carbocycles. The molecule has 0 radical (unpaired) electrons. The fourth-order valence-electron chi connectivity index (χ4n) is 2.52. The van der Waals surface area contributed by atoms with Gasteiger partial charge in [0.1, 0.15) is 12.1 Å². The Labute approximate surface area is 116 Å². The van der Waals surface area contributed by atoms with Crippen LogP contribution in [0.4, 0.5) is 0 Å². The highest BCUT2D eigenvalue weighted by Crippen LogP contribution is 2.31. The van der Waals surface area contributed by atoms with Crippen LogP contribution in [0.5, 0.6) is 0 Å². The average Bonchev–Trinajstić information content (AvgIpc) is 2.45. The number of nitrogens with one attached hydrogen (secondary N) is 2. The second-order valence-corrected chi connectivity index (χ2v) is 5.34. The van der Waals surface area contributed by atoms with Crippen LogP contribution in [0, 0.1) is 10.8 Å². The third-order valence-corrected chi connectivity index (χ3v) is 3.80. The molecule has 0 spiro atoms. The molecule has 0 aromatic heterocycles. The summed E-state index contributed by atoms with van der Waals surface area (Å²) < 4.78 is 0. The van der Waals surface area contributed by atoms with Crippen LogP contribution in [0.1, 0.15) is 25.7 Å². The molecule has 0 amide bonds. The first kappa shape index (κ1) is 15.6. The highest BCUT2D eigenvalue weighted by Gasteiger charge is 2.35. The van der Waals surface area contributed by atoms with Crippen LogP contribution >= 0.6 is 0 Å². The second kappa shape index (κ2) is 7.24. The maximum Gasteiger partial charge on any atom is 0.127 e. The number of carbonyl (C=O) groups excluding carboxylic acids is 1. The Hall–Kier alpha value is -1.42. The van der Waals surface area contributed by atoms with Gasteiger partial charge in [-0.05, 0) is 38.4 Å². The van der Waals surface area contributed by atoms with Crippen LogP contribution in [0.3, 0.4) is 0 Å². The van der Waals surface area contributed by atoms with Gasteiger partial charge in [-0.15, -0.1) is 0 Å². The summed E-state index contributed by atoms with van der Waals surface area (Å²) in [5.41, 5.74) is 0.547. The van der Waals surface area contributed by atoms with E-state index in [1.165, 1.54) is 0 Å². The third-order valence-electron chi connectivity index (χ3n) is 3.80. The zero-order valence-electron chi connectivity index (χ0n) is 11.9. The Kier molecular flexibility index (Phi) is 5.96. The SMILES string of the molecule is C=CC(=C)CC(=N)N1CCCC(C=O)(CCNC)C1. The van der Waals surface area contributed by atoms with E-state index < -0.39 is 0 Å². The van der Waals surface area contributed by atoms with Gasteiger partial charge in [-0.3, -0.25) is 5.41 Å². The molecule has 2 N–H and O–H groups in total. The highest BCUT2D eigenvalue weighted by atomic mass is 16.1. The van der Waals surface area contributed by atoms with Crippen molar-refractivity contribution in [2.45, 2.75) is 25.7 Å². The minimum atomic E-state index is -0.303. The van der Waals surface area contributed by atoms with E-state index in [1.807, 2.05) is 11.9 Å². The molecule has 19 heavy (non-hydrogen) atoms. The number of nitrogens with zero attached hydrogens (tertiary/aromatic N) is 1. The molecule has 1 aliphatic heterocycles. The predicted molar refractivity (Wildman–Crippen MR) is 79.5 cm³/mol. The van der Waals surface area contributed by atoms with E-state index in [0.29, 0.717) is 18.8 Å². The number of hydrogen-bond donors (Lipinski definition) is 2. The summed E-state index contributed by atoms with van der Waals surface area (Å²) in [7, 11) is 1.90. The number of piperidine rings is 1. The molecular weight excluding hydrogens is 238 g/mol. The van der Waals surface area contributed by atoms with E-state index >= 15 is 0 Å². The van der Waals surface area contributed by atoms with Crippen LogP contribution in [0.15, 0.2) is 24.8 Å². The van der Waals surface area contributed by atoms with Crippen molar-refractivity contribution in [2.75, 3.05) is 26.7 Å². The Morgan fingerprint density at radius 3 is 2.89 bits per heavy atom. The number of aldehydes is 1. The van der Waals surface area contributed by atoms with Crippen molar-refractivity contribution in [3.05, 3.63) is 24.8 Å². The quantitative estimate of drug-likeness (QED) is 0.320. The minimum absolute atomic E-state index is 0.303. The van der Waals surface area contributed by atoms with Gasteiger partial charge < -0.3 is 15.0 Å². The number of hydrogen-bond acceptors (Lipinski definition) is 3. The molecule has 4 heteroatoms. The molecule has 1 saturated heterocycles. The van der Waals surface area contributed by atoms with E-state index in [1.54, 1.807) is 6.08 Å². The summed E-state index contributed by atoms with van der Waals surface area (Å²) in [5, 5.41) is 11.2. The Bertz CT molecular complexity index is 364. The summed E-state index contributed by atoms with van der Waals surface area (Å²) in [5.74, 6) is 0.542. The van der Waals surface area contributed by atoms with Gasteiger partial charge in [0.05, 0.1) is 0 Å². The monoisotopic (exact) mass is 263 g/mol. The topological polar surface area (TPSA) is 56.2 Å². The van der Waals surface area contributed by atoms with Crippen molar-refractivity contribution < 1.29 is 4.79 Å². The number of amidine groups is 1. The molecule has 0 aromatic carbocycles. The lowest BCUT2D eigenvalue weighted by atomic mass is 9.78. The van der Waals surface area contributed by atoms with Crippen molar-refractivity contribution in [2.24, 2.45) is 5.41 Å². The van der Waals surface area contributed by atoms with E-state index in [4.69, 9.17) is 5.41 Å². The Morgan fingerprint density at radius 2 is 2.32 bits per heavy atom. The van der Waals surface area contributed by atoms with Crippen LogP contribution in [0.25, 0.3) is 0 Å². The van der Waals surface area contributed by atoms with Crippen LogP contribution < -0.4 is 5.32 Å². The van der Waals surface area contributed by atoms with Crippen molar-refractivity contribution in [1.29, 1.82) is 5.41 Å². The van der Waals surface area contributed by atoms with E-state index in [2.05, 4.69) is 18.5 Å². The van der Waals surface area contributed by atoms with Gasteiger partial charge >= 0.3 is 0 Å². The molecule has 106 valence electrons. The van der Waals surface area contributed by atoms with Gasteiger partial charge in [0.2, 0.25) is 0 Å². The molecule has 0 aliphatic carbocycles. The van der Waals surface area contributed by atoms with E-state index in [-0.39, 0.29) is 5.41 Å². The number of carbonyl (C=O) groups is 1. The summed E-state index contributed by atoms with van der Waals surface area (Å²) in [4.78, 5) is 13.5. The zero-order valence-corrected chi connectivity index (χ0v) is 11.9. The number of allylic oxidation sites excluding steroid dienone is 1. The van der Waals surface area contributed by atoms with Gasteiger partial charge in [0.25, 0.3) is 0 Å². The summed E-state index contributed by atoms with van der Waals surface area (Å²) >= 11 is 0. The molecular formula is C15H25N3O. The van der Waals surface area contributed by atoms with E-state index in [9.17, 15) is 4.79 Å². The van der Waals surface area contributed by atoms with Crippen molar-refractivity contribution in [1.82, 2.24) is 10.2 Å². The van der Waals surface area contributed by atoms with Crippen LogP contribution in [-0.4, -0.2) is 43.7 Å². The van der Waals surface area contributed by atoms with Crippen LogP contribution in [0.2, 0.25) is 0 Å². The zero-order chi connectivity index (χ0) is 14.3. The predicted octanol–water partition coefficient (Wildman–Crippen LogP) is 1.99. The first-order valence-electron chi connectivity index (χ1n) is 6.80. The third kappa shape index (κ3) is 4.31. The minimum Gasteiger partial charge on any atom is -0.359 e. The molecule has 1 aliphatic rings. The smallest absolute Gasteiger partial charge is 0.127 e. The first-order valence-corrected chi connectivity index (χ1v) is 6.80. The van der Waals surface area contributed by atoms with Crippen molar-refractivity contribution in [3.8, 4) is 0 Å². The fourth-order valence-corrected chi connectivity index (χ4v) is 2.52. The van der Waals surface area contributed by atoms with Gasteiger partial charge in [-0.1, -0.05) is 19.2 Å². The second-order valence-electron chi connectivity index (χ2n) is 5.34. The van der Waals surface area contributed by atoms with Crippen molar-refractivity contribution in [3.63, 3.8) is 0 Å². The molecule has 1 atom stereocenters. The lowest BCUT2D eigenvalue weighted by Crippen LogP contribution is -2.47. The molecule has 1 rings (SSSR count). The molecule has 1 unspecified atom stereocenters. The van der Waals surface area contributed by atoms with E-state index in [0.717, 1.165) is 44.2 Å². The Morgan fingerprint density at radius 1 is 1.58 bits per heavy atom. The van der Waals surface area contributed by atoms with Gasteiger partial charge in [0, 0.05) is 24.9 Å². The average molecular weight is 263 g/mol. The summed E-state index contributed by atoms with van der Waals surface area (Å²) in [6.07, 6.45) is 6.01. The highest BCUT2D eigenvalue weighted by molar-refractivity contribution is 5.82. The fraction of sp³-hybridized carbons (Fsp3) is 0.600. The maximum absolute atomic E-state index is 11.5. The van der Waals surface area contributed by atoms with Crippen molar-refractivity contribution >= 4 is 12.1 Å². The van der Waals surface area contributed by atoms with Gasteiger partial charge in [-0.25, -0.2) is 0 Å². The molecule has 4 nitrogen and oxygen atoms in total. The van der Waals surface area contributed by atoms with Crippen LogP contribution in [-0.2, 0) is 4.79 Å². The summed E-state index contributed by atoms with van der Waals surface area (Å²) in [6.45, 7) is 9.86. The molecule has 1 fully saturated rings. The standard InChI is InChI=1S/C15H25N3O/c1-4-13(2)10-14(16)18-9-5-6-15(11-18,12-19)7-8-17-3/h4,12,16-17H,1-2,5-11H2,3H3.